The number of benzene rings is 3. The normalized spacial score (nSPS) is 25.3. The first kappa shape index (κ1) is 21.9. The average Bonchev–Trinajstić information content (AvgIpc) is 3.66. The first-order chi connectivity index (χ1) is 18.0. The third kappa shape index (κ3) is 3.25. The molecule has 3 amide bonds. The number of nitrogens with zero attached hydrogens (tertiary/aromatic N) is 1. The van der Waals surface area contributed by atoms with Crippen molar-refractivity contribution < 1.29 is 19.2 Å². The summed E-state index contributed by atoms with van der Waals surface area (Å²) in [5.41, 5.74) is 4.21. The van der Waals surface area contributed by atoms with Gasteiger partial charge >= 0.3 is 0 Å². The minimum atomic E-state index is -0.978. The Labute approximate surface area is 214 Å². The van der Waals surface area contributed by atoms with Crippen LogP contribution in [0.3, 0.4) is 0 Å². The summed E-state index contributed by atoms with van der Waals surface area (Å²) in [4.78, 5) is 55.0. The molecule has 3 aliphatic carbocycles. The maximum atomic E-state index is 13.7. The van der Waals surface area contributed by atoms with E-state index in [1.165, 1.54) is 4.90 Å². The number of hydrogen-bond acceptors (Lipinski definition) is 4. The van der Waals surface area contributed by atoms with Crippen LogP contribution in [0, 0.1) is 23.7 Å². The predicted octanol–water partition coefficient (Wildman–Crippen LogP) is 4.25. The van der Waals surface area contributed by atoms with Gasteiger partial charge in [-0.25, -0.2) is 0 Å². The maximum absolute atomic E-state index is 13.7. The minimum Gasteiger partial charge on any atom is -0.324 e. The predicted molar refractivity (Wildman–Crippen MR) is 137 cm³/mol. The minimum absolute atomic E-state index is 0.0706. The van der Waals surface area contributed by atoms with Crippen LogP contribution in [-0.4, -0.2) is 34.4 Å². The van der Waals surface area contributed by atoms with Crippen molar-refractivity contribution in [1.82, 2.24) is 4.90 Å². The van der Waals surface area contributed by atoms with Crippen LogP contribution in [0.1, 0.15) is 27.9 Å². The summed E-state index contributed by atoms with van der Waals surface area (Å²) in [6.07, 6.45) is 5.15. The average molecular weight is 489 g/mol. The molecule has 3 aromatic carbocycles. The molecule has 1 saturated heterocycles. The summed E-state index contributed by atoms with van der Waals surface area (Å²) in [6.45, 7) is 0. The van der Waals surface area contributed by atoms with Crippen LogP contribution in [0.5, 0.6) is 0 Å². The molecule has 0 unspecified atom stereocenters. The zero-order valence-electron chi connectivity index (χ0n) is 20.0. The molecule has 1 N–H and O–H groups in total. The number of amides is 3. The zero-order valence-corrected chi connectivity index (χ0v) is 20.0. The Balaban J connectivity index is 1.20. The van der Waals surface area contributed by atoms with Crippen molar-refractivity contribution in [3.63, 3.8) is 0 Å². The van der Waals surface area contributed by atoms with Gasteiger partial charge in [0, 0.05) is 23.2 Å². The van der Waals surface area contributed by atoms with E-state index >= 15 is 0 Å². The molecule has 5 atom stereocenters. The van der Waals surface area contributed by atoms with Crippen molar-refractivity contribution in [1.29, 1.82) is 0 Å². The molecule has 7 rings (SSSR count). The molecule has 1 saturated carbocycles. The molecular formula is C31H24N2O4. The van der Waals surface area contributed by atoms with Gasteiger partial charge in [-0.05, 0) is 47.1 Å². The van der Waals surface area contributed by atoms with Crippen LogP contribution >= 0.6 is 0 Å². The van der Waals surface area contributed by atoms with Gasteiger partial charge in [0.15, 0.2) is 5.78 Å². The highest BCUT2D eigenvalue weighted by Crippen LogP contribution is 2.53. The zero-order chi connectivity index (χ0) is 25.3. The molecule has 6 heteroatoms. The van der Waals surface area contributed by atoms with E-state index in [9.17, 15) is 19.2 Å². The summed E-state index contributed by atoms with van der Waals surface area (Å²) in [6, 6.07) is 21.2. The first-order valence-electron chi connectivity index (χ1n) is 12.7. The van der Waals surface area contributed by atoms with Gasteiger partial charge < -0.3 is 5.32 Å². The highest BCUT2D eigenvalue weighted by atomic mass is 16.2. The molecule has 4 aliphatic rings. The Morgan fingerprint density at radius 3 is 2.11 bits per heavy atom. The second kappa shape index (κ2) is 8.10. The molecule has 0 aromatic heterocycles. The molecule has 2 fully saturated rings. The van der Waals surface area contributed by atoms with Crippen LogP contribution in [0.15, 0.2) is 84.9 Å². The molecule has 6 nitrogen and oxygen atoms in total. The second-order valence-electron chi connectivity index (χ2n) is 10.4. The van der Waals surface area contributed by atoms with E-state index in [0.717, 1.165) is 23.1 Å². The Hall–Kier alpha value is -4.32. The van der Waals surface area contributed by atoms with E-state index in [1.54, 1.807) is 18.2 Å². The number of allylic oxidation sites excluding steroid dienone is 2. The molecular weight excluding hydrogens is 464 g/mol. The van der Waals surface area contributed by atoms with Crippen LogP contribution < -0.4 is 5.32 Å². The van der Waals surface area contributed by atoms with Gasteiger partial charge in [-0.3, -0.25) is 24.1 Å². The van der Waals surface area contributed by atoms with Crippen molar-refractivity contribution in [2.24, 2.45) is 23.7 Å². The molecule has 1 heterocycles. The number of carbonyl (C=O) groups excluding carboxylic acids is 4. The molecule has 0 radical (unpaired) electrons. The lowest BCUT2D eigenvalue weighted by molar-refractivity contribution is -0.147. The number of nitrogens with one attached hydrogen (secondary N) is 1. The second-order valence-corrected chi connectivity index (χ2v) is 10.4. The van der Waals surface area contributed by atoms with Crippen LogP contribution in [0.2, 0.25) is 0 Å². The Bertz CT molecular complexity index is 1500. The highest BCUT2D eigenvalue weighted by molar-refractivity contribution is 6.22. The number of carbonyl (C=O) groups is 4. The molecule has 0 spiro atoms. The summed E-state index contributed by atoms with van der Waals surface area (Å²) >= 11 is 0. The standard InChI is InChI=1S/C31H24N2O4/c34-28-23-9-5-4-8-21(23)22-13-12-20(16-24(22)28)32-29(35)25(14-17-6-2-1-3-7-17)33-30(36)26-18-10-11-19(15-18)27(26)31(33)37/h1-13,16,18-19,25-27H,14-15H2,(H,32,35)/t18-,19-,25-,26-,27-/m0/s1. The summed E-state index contributed by atoms with van der Waals surface area (Å²) < 4.78 is 0. The number of imide groups is 1. The Morgan fingerprint density at radius 2 is 1.41 bits per heavy atom. The van der Waals surface area contributed by atoms with Crippen molar-refractivity contribution in [3.05, 3.63) is 102 Å². The van der Waals surface area contributed by atoms with E-state index in [4.69, 9.17) is 0 Å². The fraction of sp³-hybridized carbons (Fsp3) is 0.226. The van der Waals surface area contributed by atoms with Gasteiger partial charge in [-0.2, -0.15) is 0 Å². The molecule has 37 heavy (non-hydrogen) atoms. The van der Waals surface area contributed by atoms with Gasteiger partial charge in [-0.15, -0.1) is 0 Å². The Morgan fingerprint density at radius 1 is 0.784 bits per heavy atom. The van der Waals surface area contributed by atoms with Gasteiger partial charge in [0.1, 0.15) is 6.04 Å². The lowest BCUT2D eigenvalue weighted by atomic mass is 9.85. The molecule has 3 aromatic rings. The fourth-order valence-electron chi connectivity index (χ4n) is 6.70. The highest BCUT2D eigenvalue weighted by Gasteiger charge is 2.61. The van der Waals surface area contributed by atoms with Crippen molar-refractivity contribution in [2.45, 2.75) is 18.9 Å². The van der Waals surface area contributed by atoms with E-state index in [2.05, 4.69) is 5.32 Å². The Kier molecular flexibility index (Phi) is 4.80. The van der Waals surface area contributed by atoms with Gasteiger partial charge in [0.05, 0.1) is 11.8 Å². The molecule has 182 valence electrons. The monoisotopic (exact) mass is 488 g/mol. The third-order valence-electron chi connectivity index (χ3n) is 8.38. The van der Waals surface area contributed by atoms with Gasteiger partial charge in [-0.1, -0.05) is 72.8 Å². The van der Waals surface area contributed by atoms with Crippen molar-refractivity contribution >= 4 is 29.2 Å². The summed E-state index contributed by atoms with van der Waals surface area (Å²) in [7, 11) is 0. The largest absolute Gasteiger partial charge is 0.324 e. The summed E-state index contributed by atoms with van der Waals surface area (Å²) in [5.74, 6) is -1.61. The lowest BCUT2D eigenvalue weighted by Crippen LogP contribution is -2.49. The van der Waals surface area contributed by atoms with E-state index in [-0.39, 0.29) is 47.7 Å². The van der Waals surface area contributed by atoms with Crippen LogP contribution in [0.4, 0.5) is 5.69 Å². The van der Waals surface area contributed by atoms with E-state index in [1.807, 2.05) is 66.7 Å². The van der Waals surface area contributed by atoms with Crippen molar-refractivity contribution in [2.75, 3.05) is 5.32 Å². The number of anilines is 1. The van der Waals surface area contributed by atoms with Crippen LogP contribution in [0.25, 0.3) is 11.1 Å². The molecule has 1 aliphatic heterocycles. The summed E-state index contributed by atoms with van der Waals surface area (Å²) in [5, 5.41) is 2.91. The smallest absolute Gasteiger partial charge is 0.248 e. The number of likely N-dealkylation sites (tertiary alicyclic amines) is 1. The van der Waals surface area contributed by atoms with E-state index in [0.29, 0.717) is 16.8 Å². The molecule has 2 bridgehead atoms. The van der Waals surface area contributed by atoms with Gasteiger partial charge in [0.2, 0.25) is 17.7 Å². The number of hydrogen-bond donors (Lipinski definition) is 1. The van der Waals surface area contributed by atoms with Gasteiger partial charge in [0.25, 0.3) is 0 Å². The quantitative estimate of drug-likeness (QED) is 0.336. The SMILES string of the molecule is O=C1c2ccccc2-c2ccc(NC(=O)[C@H](Cc3ccccc3)N3C(=O)[C@@H]4[C@@H](C3=O)[C@H]3C=C[C@H]4C3)cc21. The lowest BCUT2D eigenvalue weighted by Gasteiger charge is -2.27. The number of fused-ring (bicyclic) bond motifs is 8. The number of ketones is 1. The fourth-order valence-corrected chi connectivity index (χ4v) is 6.70. The third-order valence-corrected chi connectivity index (χ3v) is 8.38. The first-order valence-corrected chi connectivity index (χ1v) is 12.7. The topological polar surface area (TPSA) is 83.6 Å². The maximum Gasteiger partial charge on any atom is 0.248 e. The van der Waals surface area contributed by atoms with E-state index < -0.39 is 11.9 Å². The van der Waals surface area contributed by atoms with Crippen LogP contribution in [-0.2, 0) is 20.8 Å². The number of rotatable bonds is 5. The van der Waals surface area contributed by atoms with Crippen molar-refractivity contribution in [3.8, 4) is 11.1 Å².